The van der Waals surface area contributed by atoms with E-state index in [2.05, 4.69) is 69.8 Å². The Bertz CT molecular complexity index is 952. The van der Waals surface area contributed by atoms with Gasteiger partial charge in [0.25, 0.3) is 11.1 Å². The molecule has 0 N–H and O–H groups in total. The van der Waals surface area contributed by atoms with Crippen molar-refractivity contribution in [3.05, 3.63) is 41.0 Å². The van der Waals surface area contributed by atoms with E-state index in [1.165, 1.54) is 9.03 Å². The molecule has 0 aromatic carbocycles. The zero-order valence-corrected chi connectivity index (χ0v) is 17.1. The second-order valence-electron chi connectivity index (χ2n) is 6.85. The summed E-state index contributed by atoms with van der Waals surface area (Å²) in [6.45, 7) is 8.25. The fourth-order valence-electron chi connectivity index (χ4n) is 2.79. The Hall–Kier alpha value is -1.28. The number of rotatable bonds is 4. The summed E-state index contributed by atoms with van der Waals surface area (Å²) in [6.07, 6.45) is 1.37. The Morgan fingerprint density at radius 1 is 0.792 bits per heavy atom. The molecule has 3 rings (SSSR count). The van der Waals surface area contributed by atoms with Crippen LogP contribution in [0.4, 0.5) is 0 Å². The summed E-state index contributed by atoms with van der Waals surface area (Å²) in [7, 11) is 0. The van der Waals surface area contributed by atoms with Gasteiger partial charge in [-0.3, -0.25) is 9.59 Å². The molecular formula is C16H18Br2N4O2. The molecule has 0 saturated heterocycles. The molecular weight excluding hydrogens is 440 g/mol. The van der Waals surface area contributed by atoms with Crippen molar-refractivity contribution >= 4 is 42.9 Å². The van der Waals surface area contributed by atoms with Gasteiger partial charge < -0.3 is 0 Å². The quantitative estimate of drug-likeness (QED) is 0.603. The van der Waals surface area contributed by atoms with Crippen molar-refractivity contribution in [2.45, 2.75) is 40.5 Å². The van der Waals surface area contributed by atoms with Gasteiger partial charge in [0.2, 0.25) is 0 Å². The van der Waals surface area contributed by atoms with Gasteiger partial charge in [-0.05, 0) is 56.5 Å². The van der Waals surface area contributed by atoms with Crippen LogP contribution >= 0.6 is 31.9 Å². The number of halogens is 2. The van der Waals surface area contributed by atoms with E-state index in [9.17, 15) is 9.59 Å². The zero-order valence-electron chi connectivity index (χ0n) is 13.9. The highest BCUT2D eigenvalue weighted by Crippen LogP contribution is 2.25. The molecule has 0 bridgehead atoms. The molecule has 0 amide bonds. The van der Waals surface area contributed by atoms with E-state index in [4.69, 9.17) is 0 Å². The smallest absolute Gasteiger partial charge is 0.265 e. The lowest BCUT2D eigenvalue weighted by atomic mass is 10.1. The van der Waals surface area contributed by atoms with E-state index in [0.717, 1.165) is 0 Å². The molecule has 6 nitrogen and oxygen atoms in total. The SMILES string of the molecule is CC(C)Cc1nn2c(=O)c3c(Br)c(CC(C)C)nn3c(=O)c2c1Br. The van der Waals surface area contributed by atoms with Gasteiger partial charge in [0, 0.05) is 0 Å². The predicted octanol–water partition coefficient (Wildman–Crippen LogP) is 3.06. The number of hydrogen-bond acceptors (Lipinski definition) is 4. The molecule has 0 aliphatic carbocycles. The van der Waals surface area contributed by atoms with Crippen molar-refractivity contribution in [2.75, 3.05) is 0 Å². The van der Waals surface area contributed by atoms with Crippen LogP contribution in [0.2, 0.25) is 0 Å². The van der Waals surface area contributed by atoms with Crippen molar-refractivity contribution in [3.8, 4) is 0 Å². The minimum atomic E-state index is -0.338. The third-order valence-electron chi connectivity index (χ3n) is 3.78. The largest absolute Gasteiger partial charge is 0.298 e. The normalized spacial score (nSPS) is 12.3. The third kappa shape index (κ3) is 2.69. The fourth-order valence-corrected chi connectivity index (χ4v) is 3.94. The summed E-state index contributed by atoms with van der Waals surface area (Å²) >= 11 is 6.88. The van der Waals surface area contributed by atoms with Crippen LogP contribution in [0.3, 0.4) is 0 Å². The Kier molecular flexibility index (Phi) is 4.55. The molecule has 0 spiro atoms. The van der Waals surface area contributed by atoms with Gasteiger partial charge in [0.15, 0.2) is 11.0 Å². The van der Waals surface area contributed by atoms with Crippen LogP contribution in [0.25, 0.3) is 11.0 Å². The lowest BCUT2D eigenvalue weighted by molar-refractivity contribution is 0.626. The molecule has 24 heavy (non-hydrogen) atoms. The van der Waals surface area contributed by atoms with E-state index in [1.54, 1.807) is 0 Å². The maximum absolute atomic E-state index is 12.9. The van der Waals surface area contributed by atoms with Gasteiger partial charge in [-0.25, -0.2) is 0 Å². The maximum Gasteiger partial charge on any atom is 0.298 e. The van der Waals surface area contributed by atoms with Gasteiger partial charge >= 0.3 is 0 Å². The molecule has 0 aliphatic rings. The molecule has 3 heterocycles. The van der Waals surface area contributed by atoms with Crippen molar-refractivity contribution in [1.82, 2.24) is 19.2 Å². The fraction of sp³-hybridized carbons (Fsp3) is 0.500. The summed E-state index contributed by atoms with van der Waals surface area (Å²) in [4.78, 5) is 25.7. The van der Waals surface area contributed by atoms with Crippen LogP contribution in [-0.2, 0) is 12.8 Å². The Morgan fingerprint density at radius 2 is 1.12 bits per heavy atom. The summed E-state index contributed by atoms with van der Waals surface area (Å²) in [5, 5.41) is 8.74. The van der Waals surface area contributed by atoms with Gasteiger partial charge in [0.1, 0.15) is 0 Å². The topological polar surface area (TPSA) is 68.7 Å². The first-order chi connectivity index (χ1) is 11.2. The first kappa shape index (κ1) is 17.5. The molecule has 128 valence electrons. The highest BCUT2D eigenvalue weighted by atomic mass is 79.9. The van der Waals surface area contributed by atoms with Gasteiger partial charge in [-0.15, -0.1) is 0 Å². The molecule has 0 aliphatic heterocycles. The van der Waals surface area contributed by atoms with E-state index < -0.39 is 0 Å². The summed E-state index contributed by atoms with van der Waals surface area (Å²) < 4.78 is 3.56. The predicted molar refractivity (Wildman–Crippen MR) is 100 cm³/mol. The standard InChI is InChI=1S/C16H18Br2N4O2/c1-7(2)5-9-11(17)13-15(23)22-14(16(24)21(13)19-9)12(18)10(20-22)6-8(3)4/h7-8H,5-6H2,1-4H3. The number of nitrogens with zero attached hydrogens (tertiary/aromatic N) is 4. The zero-order chi connectivity index (χ0) is 17.8. The lowest BCUT2D eigenvalue weighted by Gasteiger charge is -2.00. The molecule has 8 heteroatoms. The van der Waals surface area contributed by atoms with Crippen LogP contribution in [0, 0.1) is 11.8 Å². The molecule has 3 aromatic rings. The molecule has 0 atom stereocenters. The average Bonchev–Trinajstić information content (AvgIpc) is 2.96. The summed E-state index contributed by atoms with van der Waals surface area (Å²) in [5.41, 5.74) is 1.24. The second-order valence-corrected chi connectivity index (χ2v) is 8.43. The van der Waals surface area contributed by atoms with Crippen molar-refractivity contribution < 1.29 is 0 Å². The monoisotopic (exact) mass is 456 g/mol. The van der Waals surface area contributed by atoms with E-state index >= 15 is 0 Å². The lowest BCUT2D eigenvalue weighted by Crippen LogP contribution is -2.27. The minimum Gasteiger partial charge on any atom is -0.265 e. The van der Waals surface area contributed by atoms with Crippen LogP contribution in [-0.4, -0.2) is 19.2 Å². The van der Waals surface area contributed by atoms with Gasteiger partial charge in [-0.1, -0.05) is 27.7 Å². The summed E-state index contributed by atoms with van der Waals surface area (Å²) in [6, 6.07) is 0. The Balaban J connectivity index is 2.38. The van der Waals surface area contributed by atoms with Crippen LogP contribution < -0.4 is 11.1 Å². The van der Waals surface area contributed by atoms with Crippen LogP contribution in [0.1, 0.15) is 39.1 Å². The number of aromatic nitrogens is 4. The molecule has 0 radical (unpaired) electrons. The maximum atomic E-state index is 12.9. The van der Waals surface area contributed by atoms with Crippen molar-refractivity contribution in [1.29, 1.82) is 0 Å². The van der Waals surface area contributed by atoms with E-state index in [1.807, 2.05) is 0 Å². The minimum absolute atomic E-state index is 0.245. The first-order valence-corrected chi connectivity index (χ1v) is 9.45. The molecule has 0 unspecified atom stereocenters. The van der Waals surface area contributed by atoms with Gasteiger partial charge in [0.05, 0.1) is 20.3 Å². The van der Waals surface area contributed by atoms with E-state index in [-0.39, 0.29) is 22.2 Å². The van der Waals surface area contributed by atoms with Crippen molar-refractivity contribution in [3.63, 3.8) is 0 Å². The summed E-state index contributed by atoms with van der Waals surface area (Å²) in [5.74, 6) is 0.731. The Labute approximate surface area is 155 Å². The average molecular weight is 458 g/mol. The third-order valence-corrected chi connectivity index (χ3v) is 5.45. The first-order valence-electron chi connectivity index (χ1n) is 7.86. The molecule has 3 aromatic heterocycles. The highest BCUT2D eigenvalue weighted by molar-refractivity contribution is 9.11. The molecule has 0 saturated carbocycles. The Morgan fingerprint density at radius 3 is 1.42 bits per heavy atom. The second kappa shape index (κ2) is 6.22. The van der Waals surface area contributed by atoms with Crippen molar-refractivity contribution in [2.24, 2.45) is 11.8 Å². The van der Waals surface area contributed by atoms with Crippen LogP contribution in [0.5, 0.6) is 0 Å². The highest BCUT2D eigenvalue weighted by Gasteiger charge is 2.23. The van der Waals surface area contributed by atoms with E-state index in [0.29, 0.717) is 45.0 Å². The van der Waals surface area contributed by atoms with Gasteiger partial charge in [-0.2, -0.15) is 19.2 Å². The number of fused-ring (bicyclic) bond motifs is 2. The van der Waals surface area contributed by atoms with Crippen LogP contribution in [0.15, 0.2) is 18.5 Å². The number of hydrogen-bond donors (Lipinski definition) is 0. The molecule has 0 fully saturated rings.